The molecule has 0 radical (unpaired) electrons. The number of furan rings is 1. The minimum atomic E-state index is 0.270. The van der Waals surface area contributed by atoms with Gasteiger partial charge in [-0.15, -0.1) is 0 Å². The van der Waals surface area contributed by atoms with E-state index in [4.69, 9.17) is 16.6 Å². The van der Waals surface area contributed by atoms with Crippen molar-refractivity contribution in [1.29, 1.82) is 0 Å². The number of hydrogen-bond donors (Lipinski definition) is 3. The van der Waals surface area contributed by atoms with Gasteiger partial charge in [0, 0.05) is 6.54 Å². The molecule has 0 fully saturated rings. The van der Waals surface area contributed by atoms with Gasteiger partial charge in [-0.3, -0.25) is 0 Å². The summed E-state index contributed by atoms with van der Waals surface area (Å²) in [6.45, 7) is 3.63. The average Bonchev–Trinajstić information content (AvgIpc) is 2.71. The zero-order chi connectivity index (χ0) is 12.0. The van der Waals surface area contributed by atoms with Gasteiger partial charge in [0.05, 0.1) is 26.9 Å². The number of nitrogens with one attached hydrogen (secondary N) is 3. The van der Waals surface area contributed by atoms with Crippen molar-refractivity contribution >= 4 is 17.3 Å². The topological polar surface area (TPSA) is 41.6 Å². The number of rotatable bonds is 5. The Morgan fingerprint density at radius 3 is 2.75 bits per heavy atom. The zero-order valence-corrected chi connectivity index (χ0v) is 10.9. The van der Waals surface area contributed by atoms with Crippen molar-refractivity contribution in [2.75, 3.05) is 27.2 Å². The van der Waals surface area contributed by atoms with Gasteiger partial charge in [0.25, 0.3) is 0 Å². The van der Waals surface area contributed by atoms with Crippen molar-refractivity contribution in [3.05, 3.63) is 24.2 Å². The fourth-order valence-corrected chi connectivity index (χ4v) is 1.72. The SMILES string of the molecule is CCNC(=S)NC[C@H](c1ccco1)[NH+](C)C. The third kappa shape index (κ3) is 3.83. The minimum Gasteiger partial charge on any atom is -0.463 e. The summed E-state index contributed by atoms with van der Waals surface area (Å²) in [6.07, 6.45) is 1.70. The van der Waals surface area contributed by atoms with Crippen molar-refractivity contribution in [2.24, 2.45) is 0 Å². The first kappa shape index (κ1) is 13.0. The Bertz CT molecular complexity index is 311. The molecule has 0 bridgehead atoms. The van der Waals surface area contributed by atoms with E-state index in [9.17, 15) is 0 Å². The van der Waals surface area contributed by atoms with Crippen molar-refractivity contribution in [2.45, 2.75) is 13.0 Å². The lowest BCUT2D eigenvalue weighted by Gasteiger charge is -2.20. The molecule has 1 atom stereocenters. The van der Waals surface area contributed by atoms with E-state index in [0.29, 0.717) is 5.11 Å². The number of thiocarbonyl (C=S) groups is 1. The van der Waals surface area contributed by atoms with E-state index in [1.807, 2.05) is 19.1 Å². The highest BCUT2D eigenvalue weighted by molar-refractivity contribution is 7.80. The molecule has 16 heavy (non-hydrogen) atoms. The second-order valence-electron chi connectivity index (χ2n) is 3.89. The van der Waals surface area contributed by atoms with E-state index in [2.05, 4.69) is 24.7 Å². The van der Waals surface area contributed by atoms with E-state index in [1.165, 1.54) is 4.90 Å². The molecule has 1 aromatic rings. The molecular weight excluding hydrogens is 222 g/mol. The molecule has 0 unspecified atom stereocenters. The fourth-order valence-electron chi connectivity index (χ4n) is 1.50. The van der Waals surface area contributed by atoms with Gasteiger partial charge < -0.3 is 20.0 Å². The maximum atomic E-state index is 5.42. The highest BCUT2D eigenvalue weighted by Crippen LogP contribution is 2.08. The van der Waals surface area contributed by atoms with Crippen LogP contribution in [0, 0.1) is 0 Å². The molecule has 3 N–H and O–H groups in total. The summed E-state index contributed by atoms with van der Waals surface area (Å²) < 4.78 is 5.42. The van der Waals surface area contributed by atoms with Gasteiger partial charge in [-0.05, 0) is 31.3 Å². The Kier molecular flexibility index (Phi) is 5.28. The second-order valence-corrected chi connectivity index (χ2v) is 4.29. The van der Waals surface area contributed by atoms with Gasteiger partial charge in [0.2, 0.25) is 0 Å². The van der Waals surface area contributed by atoms with Crippen LogP contribution in [0.1, 0.15) is 18.7 Å². The molecule has 0 aliphatic heterocycles. The van der Waals surface area contributed by atoms with E-state index >= 15 is 0 Å². The van der Waals surface area contributed by atoms with Crippen LogP contribution in [0.2, 0.25) is 0 Å². The predicted octanol–water partition coefficient (Wildman–Crippen LogP) is -0.0508. The highest BCUT2D eigenvalue weighted by atomic mass is 32.1. The number of hydrogen-bond acceptors (Lipinski definition) is 2. The average molecular weight is 242 g/mol. The lowest BCUT2D eigenvalue weighted by atomic mass is 10.2. The molecular formula is C11H20N3OS+. The molecule has 0 amide bonds. The third-order valence-corrected chi connectivity index (χ3v) is 2.68. The molecule has 1 rings (SSSR count). The van der Waals surface area contributed by atoms with Crippen LogP contribution in [0.15, 0.2) is 22.8 Å². The monoisotopic (exact) mass is 242 g/mol. The maximum absolute atomic E-state index is 5.42. The van der Waals surface area contributed by atoms with E-state index in [0.717, 1.165) is 18.8 Å². The van der Waals surface area contributed by atoms with E-state index < -0.39 is 0 Å². The lowest BCUT2D eigenvalue weighted by Crippen LogP contribution is -3.07. The molecule has 0 saturated heterocycles. The van der Waals surface area contributed by atoms with Gasteiger partial charge in [0.15, 0.2) is 16.9 Å². The summed E-state index contributed by atoms with van der Waals surface area (Å²) in [5, 5.41) is 6.95. The van der Waals surface area contributed by atoms with Crippen LogP contribution in [0.25, 0.3) is 0 Å². The lowest BCUT2D eigenvalue weighted by molar-refractivity contribution is -0.891. The van der Waals surface area contributed by atoms with Crippen LogP contribution in [-0.4, -0.2) is 32.3 Å². The van der Waals surface area contributed by atoms with Crippen LogP contribution < -0.4 is 15.5 Å². The third-order valence-electron chi connectivity index (χ3n) is 2.39. The van der Waals surface area contributed by atoms with Crippen molar-refractivity contribution in [1.82, 2.24) is 10.6 Å². The fraction of sp³-hybridized carbons (Fsp3) is 0.545. The summed E-state index contributed by atoms with van der Waals surface area (Å²) in [4.78, 5) is 1.31. The molecule has 1 heterocycles. The summed E-state index contributed by atoms with van der Waals surface area (Å²) in [5.41, 5.74) is 0. The first-order valence-corrected chi connectivity index (χ1v) is 5.91. The summed E-state index contributed by atoms with van der Waals surface area (Å²) >= 11 is 5.13. The molecule has 1 aromatic heterocycles. The first-order chi connectivity index (χ1) is 7.65. The van der Waals surface area contributed by atoms with Gasteiger partial charge in [0.1, 0.15) is 0 Å². The first-order valence-electron chi connectivity index (χ1n) is 5.50. The summed E-state index contributed by atoms with van der Waals surface area (Å²) in [5.74, 6) is 0.979. The van der Waals surface area contributed by atoms with Crippen LogP contribution in [0.4, 0.5) is 0 Å². The molecule has 90 valence electrons. The standard InChI is InChI=1S/C11H19N3OS/c1-4-12-11(16)13-8-9(14(2)3)10-6-5-7-15-10/h5-7,9H,4,8H2,1-3H3,(H2,12,13,16)/p+1/t9-/m1/s1. The number of quaternary nitrogens is 1. The van der Waals surface area contributed by atoms with E-state index in [1.54, 1.807) is 6.26 Å². The summed E-state index contributed by atoms with van der Waals surface area (Å²) in [6, 6.07) is 4.18. The Balaban J connectivity index is 2.50. The molecule has 0 saturated carbocycles. The second kappa shape index (κ2) is 6.50. The van der Waals surface area contributed by atoms with Gasteiger partial charge in [-0.2, -0.15) is 0 Å². The molecule has 0 spiro atoms. The smallest absolute Gasteiger partial charge is 0.166 e. The maximum Gasteiger partial charge on any atom is 0.166 e. The Hall–Kier alpha value is -1.07. The Morgan fingerprint density at radius 2 is 2.25 bits per heavy atom. The Morgan fingerprint density at radius 1 is 1.50 bits per heavy atom. The van der Waals surface area contributed by atoms with E-state index in [-0.39, 0.29) is 6.04 Å². The normalized spacial score (nSPS) is 12.5. The molecule has 4 nitrogen and oxygen atoms in total. The quantitative estimate of drug-likeness (QED) is 0.633. The molecule has 0 aromatic carbocycles. The minimum absolute atomic E-state index is 0.270. The largest absolute Gasteiger partial charge is 0.463 e. The van der Waals surface area contributed by atoms with Crippen molar-refractivity contribution < 1.29 is 9.32 Å². The van der Waals surface area contributed by atoms with Crippen LogP contribution in [0.5, 0.6) is 0 Å². The number of likely N-dealkylation sites (N-methyl/N-ethyl adjacent to an activating group) is 1. The molecule has 0 aliphatic rings. The van der Waals surface area contributed by atoms with Crippen LogP contribution in [0.3, 0.4) is 0 Å². The molecule has 0 aliphatic carbocycles. The predicted molar refractivity (Wildman–Crippen MR) is 68.5 cm³/mol. The highest BCUT2D eigenvalue weighted by Gasteiger charge is 2.20. The van der Waals surface area contributed by atoms with Gasteiger partial charge >= 0.3 is 0 Å². The van der Waals surface area contributed by atoms with Crippen molar-refractivity contribution in [3.8, 4) is 0 Å². The Labute approximate surface area is 102 Å². The molecule has 5 heteroatoms. The summed E-state index contributed by atoms with van der Waals surface area (Å²) in [7, 11) is 4.20. The zero-order valence-electron chi connectivity index (χ0n) is 10.0. The van der Waals surface area contributed by atoms with Crippen LogP contribution >= 0.6 is 12.2 Å². The van der Waals surface area contributed by atoms with Gasteiger partial charge in [-0.1, -0.05) is 0 Å². The van der Waals surface area contributed by atoms with Gasteiger partial charge in [-0.25, -0.2) is 0 Å². The van der Waals surface area contributed by atoms with Crippen molar-refractivity contribution in [3.63, 3.8) is 0 Å². The van der Waals surface area contributed by atoms with Crippen LogP contribution in [-0.2, 0) is 0 Å².